The average molecular weight is 199 g/mol. The molecule has 1 N–H and O–H groups in total. The summed E-state index contributed by atoms with van der Waals surface area (Å²) in [5.74, 6) is 1.01. The zero-order valence-electron chi connectivity index (χ0n) is 9.72. The van der Waals surface area contributed by atoms with E-state index >= 15 is 0 Å². The van der Waals surface area contributed by atoms with E-state index in [-0.39, 0.29) is 0 Å². The lowest BCUT2D eigenvalue weighted by Crippen LogP contribution is -2.34. The van der Waals surface area contributed by atoms with Crippen LogP contribution in [0.5, 0.6) is 0 Å². The quantitative estimate of drug-likeness (QED) is 0.664. The van der Waals surface area contributed by atoms with Gasteiger partial charge in [-0.2, -0.15) is 0 Å². The van der Waals surface area contributed by atoms with Crippen molar-refractivity contribution in [2.75, 3.05) is 20.3 Å². The molecule has 0 atom stereocenters. The van der Waals surface area contributed by atoms with E-state index in [1.54, 1.807) is 7.11 Å². The number of methoxy groups -OCH3 is 1. The Balaban J connectivity index is 1.98. The molecule has 0 aliphatic heterocycles. The fraction of sp³-hybridized carbons (Fsp3) is 1.00. The molecular weight excluding hydrogens is 174 g/mol. The van der Waals surface area contributed by atoms with Crippen LogP contribution >= 0.6 is 0 Å². The minimum atomic E-state index is 0.787. The highest BCUT2D eigenvalue weighted by atomic mass is 16.5. The van der Waals surface area contributed by atoms with E-state index in [2.05, 4.69) is 12.2 Å². The molecule has 2 nitrogen and oxygen atoms in total. The van der Waals surface area contributed by atoms with Crippen LogP contribution in [0.4, 0.5) is 0 Å². The minimum absolute atomic E-state index is 0.787. The molecule has 0 unspecified atom stereocenters. The smallest absolute Gasteiger partial charge is 0.0474 e. The van der Waals surface area contributed by atoms with Gasteiger partial charge in [-0.15, -0.1) is 0 Å². The molecule has 1 aliphatic rings. The maximum absolute atomic E-state index is 5.03. The van der Waals surface area contributed by atoms with Gasteiger partial charge in [0, 0.05) is 19.8 Å². The van der Waals surface area contributed by atoms with Crippen LogP contribution in [-0.4, -0.2) is 26.3 Å². The third-order valence-corrected chi connectivity index (χ3v) is 3.38. The van der Waals surface area contributed by atoms with Crippen molar-refractivity contribution in [1.29, 1.82) is 0 Å². The maximum atomic E-state index is 5.03. The molecule has 84 valence electrons. The minimum Gasteiger partial charge on any atom is -0.385 e. The molecule has 1 aliphatic carbocycles. The van der Waals surface area contributed by atoms with Gasteiger partial charge in [-0.3, -0.25) is 0 Å². The van der Waals surface area contributed by atoms with Crippen LogP contribution in [0.1, 0.15) is 45.4 Å². The molecule has 2 heteroatoms. The van der Waals surface area contributed by atoms with Crippen LogP contribution in [0.3, 0.4) is 0 Å². The Labute approximate surface area is 88.4 Å². The first-order chi connectivity index (χ1) is 6.86. The summed E-state index contributed by atoms with van der Waals surface area (Å²) in [5.41, 5.74) is 0. The van der Waals surface area contributed by atoms with Gasteiger partial charge in [-0.1, -0.05) is 13.3 Å². The highest BCUT2D eigenvalue weighted by molar-refractivity contribution is 4.76. The third kappa shape index (κ3) is 4.43. The molecule has 1 rings (SSSR count). The van der Waals surface area contributed by atoms with Crippen molar-refractivity contribution >= 4 is 0 Å². The van der Waals surface area contributed by atoms with E-state index in [0.29, 0.717) is 0 Å². The molecule has 0 bridgehead atoms. The zero-order chi connectivity index (χ0) is 10.2. The zero-order valence-corrected chi connectivity index (χ0v) is 9.72. The van der Waals surface area contributed by atoms with Crippen LogP contribution in [0.15, 0.2) is 0 Å². The number of nitrogens with one attached hydrogen (secondary N) is 1. The van der Waals surface area contributed by atoms with Crippen molar-refractivity contribution in [2.45, 2.75) is 51.5 Å². The molecule has 0 amide bonds. The third-order valence-electron chi connectivity index (χ3n) is 3.38. The SMILES string of the molecule is CCC1CCC(NCCCOC)CC1. The summed E-state index contributed by atoms with van der Waals surface area (Å²) in [6.07, 6.45) is 8.13. The van der Waals surface area contributed by atoms with Gasteiger partial charge in [0.25, 0.3) is 0 Å². The molecule has 0 aromatic carbocycles. The van der Waals surface area contributed by atoms with Gasteiger partial charge in [-0.25, -0.2) is 0 Å². The van der Waals surface area contributed by atoms with Crippen LogP contribution < -0.4 is 5.32 Å². The van der Waals surface area contributed by atoms with Crippen LogP contribution in [0.2, 0.25) is 0 Å². The number of hydrogen-bond acceptors (Lipinski definition) is 2. The number of hydrogen-bond donors (Lipinski definition) is 1. The van der Waals surface area contributed by atoms with E-state index in [1.165, 1.54) is 32.1 Å². The summed E-state index contributed by atoms with van der Waals surface area (Å²) in [6.45, 7) is 4.32. The summed E-state index contributed by atoms with van der Waals surface area (Å²) >= 11 is 0. The first kappa shape index (κ1) is 12.0. The number of rotatable bonds is 6. The van der Waals surface area contributed by atoms with E-state index in [1.807, 2.05) is 0 Å². The molecule has 1 saturated carbocycles. The molecule has 0 heterocycles. The van der Waals surface area contributed by atoms with E-state index in [9.17, 15) is 0 Å². The predicted octanol–water partition coefficient (Wildman–Crippen LogP) is 2.58. The molecule has 14 heavy (non-hydrogen) atoms. The molecule has 0 radical (unpaired) electrons. The summed E-state index contributed by atoms with van der Waals surface area (Å²) in [6, 6.07) is 0.787. The highest BCUT2D eigenvalue weighted by Crippen LogP contribution is 2.26. The fourth-order valence-electron chi connectivity index (χ4n) is 2.30. The molecule has 0 aromatic rings. The highest BCUT2D eigenvalue weighted by Gasteiger charge is 2.18. The second-order valence-electron chi connectivity index (χ2n) is 4.43. The summed E-state index contributed by atoms with van der Waals surface area (Å²) in [5, 5.41) is 3.62. The van der Waals surface area contributed by atoms with E-state index in [0.717, 1.165) is 31.5 Å². The lowest BCUT2D eigenvalue weighted by molar-refractivity contribution is 0.190. The van der Waals surface area contributed by atoms with Gasteiger partial charge in [0.2, 0.25) is 0 Å². The molecule has 0 aromatic heterocycles. The van der Waals surface area contributed by atoms with Gasteiger partial charge in [-0.05, 0) is 44.6 Å². The Kier molecular flexibility index (Phi) is 6.20. The monoisotopic (exact) mass is 199 g/mol. The summed E-state index contributed by atoms with van der Waals surface area (Å²) in [4.78, 5) is 0. The van der Waals surface area contributed by atoms with Crippen LogP contribution in [0, 0.1) is 5.92 Å². The molecule has 0 saturated heterocycles. The first-order valence-corrected chi connectivity index (χ1v) is 6.09. The Morgan fingerprint density at radius 1 is 1.21 bits per heavy atom. The maximum Gasteiger partial charge on any atom is 0.0474 e. The van der Waals surface area contributed by atoms with Crippen LogP contribution in [0.25, 0.3) is 0 Å². The van der Waals surface area contributed by atoms with Gasteiger partial charge in [0.05, 0.1) is 0 Å². The second kappa shape index (κ2) is 7.24. The van der Waals surface area contributed by atoms with Crippen molar-refractivity contribution in [3.63, 3.8) is 0 Å². The predicted molar refractivity (Wildman–Crippen MR) is 60.5 cm³/mol. The normalized spacial score (nSPS) is 27.9. The van der Waals surface area contributed by atoms with Crippen molar-refractivity contribution in [2.24, 2.45) is 5.92 Å². The van der Waals surface area contributed by atoms with Crippen molar-refractivity contribution in [1.82, 2.24) is 5.32 Å². The Bertz CT molecular complexity index is 130. The fourth-order valence-corrected chi connectivity index (χ4v) is 2.30. The Morgan fingerprint density at radius 3 is 2.50 bits per heavy atom. The van der Waals surface area contributed by atoms with Crippen molar-refractivity contribution < 1.29 is 4.74 Å². The number of ether oxygens (including phenoxy) is 1. The average Bonchev–Trinajstić information content (AvgIpc) is 2.25. The van der Waals surface area contributed by atoms with E-state index < -0.39 is 0 Å². The topological polar surface area (TPSA) is 21.3 Å². The van der Waals surface area contributed by atoms with E-state index in [4.69, 9.17) is 4.74 Å². The van der Waals surface area contributed by atoms with Crippen molar-refractivity contribution in [3.8, 4) is 0 Å². The molecule has 0 spiro atoms. The van der Waals surface area contributed by atoms with Crippen molar-refractivity contribution in [3.05, 3.63) is 0 Å². The largest absolute Gasteiger partial charge is 0.385 e. The second-order valence-corrected chi connectivity index (χ2v) is 4.43. The molecule has 1 fully saturated rings. The summed E-state index contributed by atoms with van der Waals surface area (Å²) < 4.78 is 5.03. The van der Waals surface area contributed by atoms with Gasteiger partial charge in [0.15, 0.2) is 0 Å². The summed E-state index contributed by atoms with van der Waals surface area (Å²) in [7, 11) is 1.77. The lowest BCUT2D eigenvalue weighted by Gasteiger charge is -2.28. The molecular formula is C12H25NO. The standard InChI is InChI=1S/C12H25NO/c1-3-11-5-7-12(8-6-11)13-9-4-10-14-2/h11-13H,3-10H2,1-2H3. The first-order valence-electron chi connectivity index (χ1n) is 6.09. The van der Waals surface area contributed by atoms with Gasteiger partial charge < -0.3 is 10.1 Å². The Hall–Kier alpha value is -0.0800. The van der Waals surface area contributed by atoms with Gasteiger partial charge >= 0.3 is 0 Å². The van der Waals surface area contributed by atoms with Crippen LogP contribution in [-0.2, 0) is 4.74 Å². The lowest BCUT2D eigenvalue weighted by atomic mass is 9.84. The van der Waals surface area contributed by atoms with Gasteiger partial charge in [0.1, 0.15) is 0 Å². The Morgan fingerprint density at radius 2 is 1.93 bits per heavy atom.